The summed E-state index contributed by atoms with van der Waals surface area (Å²) in [4.78, 5) is 0. The molecule has 1 aromatic carbocycles. The van der Waals surface area contributed by atoms with Crippen LogP contribution in [0.2, 0.25) is 6.04 Å². The average molecular weight is 339 g/mol. The maximum absolute atomic E-state index is 6.36. The molecule has 0 saturated carbocycles. The molecule has 0 aliphatic carbocycles. The number of benzene rings is 1. The zero-order valence-electron chi connectivity index (χ0n) is 14.5. The molecule has 0 saturated heterocycles. The molecule has 0 amide bonds. The number of nitrogens with two attached hydrogens (primary N) is 1. The molecule has 5 nitrogen and oxygen atoms in total. The number of nitrogens with one attached hydrogen (secondary N) is 1. The van der Waals surface area contributed by atoms with Gasteiger partial charge < -0.3 is 19.0 Å². The van der Waals surface area contributed by atoms with E-state index in [1.165, 1.54) is 5.56 Å². The van der Waals surface area contributed by atoms with E-state index in [2.05, 4.69) is 24.0 Å². The number of rotatable bonds is 12. The van der Waals surface area contributed by atoms with Gasteiger partial charge in [0.2, 0.25) is 0 Å². The van der Waals surface area contributed by atoms with Gasteiger partial charge in [-0.2, -0.15) is 0 Å². The van der Waals surface area contributed by atoms with Crippen molar-refractivity contribution in [3.8, 4) is 0 Å². The monoisotopic (exact) mass is 338 g/mol. The molecule has 0 fully saturated rings. The lowest BCUT2D eigenvalue weighted by molar-refractivity contribution is -0.0121. The van der Waals surface area contributed by atoms with Crippen LogP contribution in [0, 0.1) is 0 Å². The Morgan fingerprint density at radius 1 is 1.26 bits per heavy atom. The highest BCUT2D eigenvalue weighted by Gasteiger charge is 2.45. The molecule has 0 radical (unpaired) electrons. The van der Waals surface area contributed by atoms with Gasteiger partial charge in [-0.1, -0.05) is 43.8 Å². The van der Waals surface area contributed by atoms with E-state index in [1.54, 1.807) is 20.3 Å². The highest BCUT2D eigenvalue weighted by Crippen LogP contribution is 2.26. The maximum Gasteiger partial charge on any atom is 0.502 e. The molecule has 0 spiro atoms. The van der Waals surface area contributed by atoms with E-state index >= 15 is 0 Å². The summed E-state index contributed by atoms with van der Waals surface area (Å²) in [5.41, 5.74) is 6.12. The molecule has 1 rings (SSSR count). The van der Waals surface area contributed by atoms with Gasteiger partial charge in [0, 0.05) is 26.8 Å². The third-order valence-corrected chi connectivity index (χ3v) is 6.82. The van der Waals surface area contributed by atoms with Crippen molar-refractivity contribution >= 4 is 8.80 Å². The molecule has 0 heterocycles. The first-order valence-electron chi connectivity index (χ1n) is 8.02. The summed E-state index contributed by atoms with van der Waals surface area (Å²) in [6, 6.07) is 10.9. The van der Waals surface area contributed by atoms with E-state index < -0.39 is 14.5 Å². The first-order chi connectivity index (χ1) is 11.1. The summed E-state index contributed by atoms with van der Waals surface area (Å²) in [6.07, 6.45) is 3.30. The van der Waals surface area contributed by atoms with Crippen LogP contribution in [0.5, 0.6) is 0 Å². The minimum Gasteiger partial charge on any atom is -0.377 e. The van der Waals surface area contributed by atoms with Crippen LogP contribution in [-0.2, 0) is 19.8 Å². The predicted molar refractivity (Wildman–Crippen MR) is 95.8 cm³/mol. The van der Waals surface area contributed by atoms with Gasteiger partial charge in [-0.05, 0) is 31.0 Å². The van der Waals surface area contributed by atoms with Crippen molar-refractivity contribution in [3.05, 3.63) is 48.6 Å². The summed E-state index contributed by atoms with van der Waals surface area (Å²) >= 11 is 0. The summed E-state index contributed by atoms with van der Waals surface area (Å²) in [5.74, 6) is 0. The van der Waals surface area contributed by atoms with Crippen LogP contribution in [-0.4, -0.2) is 35.3 Å². The Labute approximate surface area is 141 Å². The van der Waals surface area contributed by atoms with Crippen molar-refractivity contribution in [1.82, 2.24) is 5.32 Å². The Morgan fingerprint density at radius 2 is 1.91 bits per heavy atom. The number of hydrogen-bond donors (Lipinski definition) is 2. The van der Waals surface area contributed by atoms with Crippen LogP contribution in [0.3, 0.4) is 0 Å². The van der Waals surface area contributed by atoms with E-state index in [-0.39, 0.29) is 0 Å². The summed E-state index contributed by atoms with van der Waals surface area (Å²) in [5, 5.41) is 3.45. The Kier molecular flexibility index (Phi) is 8.68. The average Bonchev–Trinajstić information content (AvgIpc) is 2.63. The number of hydrogen-bond acceptors (Lipinski definition) is 5. The molecule has 1 aromatic rings. The summed E-state index contributed by atoms with van der Waals surface area (Å²) in [7, 11) is 0.470. The lowest BCUT2D eigenvalue weighted by Gasteiger charge is -2.39. The minimum atomic E-state index is -2.79. The Morgan fingerprint density at radius 3 is 2.39 bits per heavy atom. The fraction of sp³-hybridized carbons (Fsp3) is 0.529. The molecule has 1 unspecified atom stereocenters. The summed E-state index contributed by atoms with van der Waals surface area (Å²) < 4.78 is 17.7. The molecule has 0 aliphatic rings. The standard InChI is InChI=1S/C17H30N2O3Si/c1-5-17(6-2,19-15-16-11-8-7-9-12-16)22-23(20-3,21-4)14-10-13-18/h5,7-9,11-12,19H,1,6,10,13-15,18H2,2-4H3. The third-order valence-electron chi connectivity index (χ3n) is 3.94. The van der Waals surface area contributed by atoms with E-state index in [4.69, 9.17) is 19.0 Å². The van der Waals surface area contributed by atoms with Gasteiger partial charge in [-0.25, -0.2) is 0 Å². The molecule has 0 aromatic heterocycles. The Bertz CT molecular complexity index is 454. The third kappa shape index (κ3) is 5.84. The largest absolute Gasteiger partial charge is 0.502 e. The quantitative estimate of drug-likeness (QED) is 0.348. The lowest BCUT2D eigenvalue weighted by atomic mass is 10.1. The Hall–Kier alpha value is -1.02. The summed E-state index contributed by atoms with van der Waals surface area (Å²) in [6.45, 7) is 7.25. The molecule has 1 atom stereocenters. The first kappa shape index (κ1) is 20.0. The molecule has 0 bridgehead atoms. The van der Waals surface area contributed by atoms with Crippen LogP contribution in [0.15, 0.2) is 43.0 Å². The van der Waals surface area contributed by atoms with Crippen LogP contribution in [0.1, 0.15) is 25.3 Å². The lowest BCUT2D eigenvalue weighted by Crippen LogP contribution is -2.57. The predicted octanol–water partition coefficient (Wildman–Crippen LogP) is 2.67. The highest BCUT2D eigenvalue weighted by atomic mass is 28.4. The van der Waals surface area contributed by atoms with Gasteiger partial charge >= 0.3 is 8.80 Å². The van der Waals surface area contributed by atoms with Crippen molar-refractivity contribution in [3.63, 3.8) is 0 Å². The first-order valence-corrected chi connectivity index (χ1v) is 9.95. The molecule has 3 N–H and O–H groups in total. The van der Waals surface area contributed by atoms with Crippen molar-refractivity contribution in [2.75, 3.05) is 20.8 Å². The maximum atomic E-state index is 6.36. The topological polar surface area (TPSA) is 65.7 Å². The van der Waals surface area contributed by atoms with Crippen molar-refractivity contribution in [2.45, 2.75) is 38.1 Å². The molecule has 0 aliphatic heterocycles. The second-order valence-corrected chi connectivity index (χ2v) is 8.26. The molecular formula is C17H30N2O3Si. The van der Waals surface area contributed by atoms with Gasteiger partial charge in [0.15, 0.2) is 0 Å². The second-order valence-electron chi connectivity index (χ2n) is 5.37. The van der Waals surface area contributed by atoms with Crippen LogP contribution < -0.4 is 11.1 Å². The van der Waals surface area contributed by atoms with Gasteiger partial charge in [0.1, 0.15) is 5.72 Å². The smallest absolute Gasteiger partial charge is 0.377 e. The van der Waals surface area contributed by atoms with E-state index in [0.29, 0.717) is 25.6 Å². The second kappa shape index (κ2) is 9.97. The van der Waals surface area contributed by atoms with Gasteiger partial charge in [0.25, 0.3) is 0 Å². The molecule has 6 heteroatoms. The van der Waals surface area contributed by atoms with Crippen LogP contribution >= 0.6 is 0 Å². The van der Waals surface area contributed by atoms with Crippen LogP contribution in [0.4, 0.5) is 0 Å². The van der Waals surface area contributed by atoms with Gasteiger partial charge in [-0.15, -0.1) is 0 Å². The van der Waals surface area contributed by atoms with E-state index in [9.17, 15) is 0 Å². The van der Waals surface area contributed by atoms with Crippen molar-refractivity contribution in [1.29, 1.82) is 0 Å². The molecular weight excluding hydrogens is 308 g/mol. The Balaban J connectivity index is 2.86. The fourth-order valence-electron chi connectivity index (χ4n) is 2.36. The van der Waals surface area contributed by atoms with E-state index in [1.807, 2.05) is 25.1 Å². The molecule has 23 heavy (non-hydrogen) atoms. The zero-order valence-corrected chi connectivity index (χ0v) is 15.5. The minimum absolute atomic E-state index is 0.579. The van der Waals surface area contributed by atoms with Crippen molar-refractivity contribution in [2.24, 2.45) is 5.73 Å². The molecule has 130 valence electrons. The SMILES string of the molecule is C=CC(CC)(NCc1ccccc1)O[Si](CCCN)(OC)OC. The highest BCUT2D eigenvalue weighted by molar-refractivity contribution is 6.60. The van der Waals surface area contributed by atoms with Crippen molar-refractivity contribution < 1.29 is 13.3 Å². The zero-order chi connectivity index (χ0) is 17.2. The van der Waals surface area contributed by atoms with E-state index in [0.717, 1.165) is 6.42 Å². The van der Waals surface area contributed by atoms with Crippen LogP contribution in [0.25, 0.3) is 0 Å². The normalized spacial score (nSPS) is 14.4. The fourth-order valence-corrected chi connectivity index (χ4v) is 4.69. The van der Waals surface area contributed by atoms with Gasteiger partial charge in [0.05, 0.1) is 0 Å². The van der Waals surface area contributed by atoms with Gasteiger partial charge in [-0.3, -0.25) is 5.32 Å².